The van der Waals surface area contributed by atoms with Crippen LogP contribution < -0.4 is 5.56 Å². The molecule has 0 saturated heterocycles. The molecule has 0 bridgehead atoms. The van der Waals surface area contributed by atoms with Crippen LogP contribution in [0.1, 0.15) is 43.8 Å². The molecule has 0 spiro atoms. The van der Waals surface area contributed by atoms with Gasteiger partial charge >= 0.3 is 0 Å². The summed E-state index contributed by atoms with van der Waals surface area (Å²) in [5.41, 5.74) is 2.34. The summed E-state index contributed by atoms with van der Waals surface area (Å²) < 4.78 is 1.78. The first-order valence-electron chi connectivity index (χ1n) is 8.94. The minimum atomic E-state index is -0.0290. The Hall–Kier alpha value is -2.86. The number of rotatable bonds is 2. The molecule has 1 fully saturated rings. The number of aromatic nitrogens is 1. The number of nitriles is 1. The van der Waals surface area contributed by atoms with E-state index in [1.54, 1.807) is 4.57 Å². The zero-order valence-electron chi connectivity index (χ0n) is 14.1. The Bertz CT molecular complexity index is 1010. The Labute approximate surface area is 147 Å². The molecule has 25 heavy (non-hydrogen) atoms. The van der Waals surface area contributed by atoms with Crippen LogP contribution in [0.3, 0.4) is 0 Å². The molecule has 1 aromatic heterocycles. The van der Waals surface area contributed by atoms with Gasteiger partial charge < -0.3 is 0 Å². The zero-order chi connectivity index (χ0) is 17.2. The zero-order valence-corrected chi connectivity index (χ0v) is 14.1. The van der Waals surface area contributed by atoms with Gasteiger partial charge in [-0.15, -0.1) is 0 Å². The van der Waals surface area contributed by atoms with Crippen LogP contribution in [0.2, 0.25) is 0 Å². The highest BCUT2D eigenvalue weighted by molar-refractivity contribution is 5.98. The van der Waals surface area contributed by atoms with Gasteiger partial charge in [-0.05, 0) is 29.9 Å². The van der Waals surface area contributed by atoms with Crippen molar-refractivity contribution in [3.63, 3.8) is 0 Å². The molecular formula is C22H20N2O. The van der Waals surface area contributed by atoms with Gasteiger partial charge in [-0.3, -0.25) is 9.36 Å². The van der Waals surface area contributed by atoms with Crippen molar-refractivity contribution in [1.29, 1.82) is 5.26 Å². The standard InChI is InChI=1S/C22H20N2O/c23-15-20-21(16-9-3-1-4-10-16)18-13-7-8-14-19(18)22(25)24(20)17-11-5-2-6-12-17/h1,3-4,7-10,13-14,17H,2,5-6,11-12H2. The average molecular weight is 328 g/mol. The summed E-state index contributed by atoms with van der Waals surface area (Å²) >= 11 is 0. The summed E-state index contributed by atoms with van der Waals surface area (Å²) in [4.78, 5) is 13.2. The molecule has 1 aliphatic carbocycles. The summed E-state index contributed by atoms with van der Waals surface area (Å²) in [7, 11) is 0. The van der Waals surface area contributed by atoms with E-state index in [-0.39, 0.29) is 11.6 Å². The van der Waals surface area contributed by atoms with Crippen molar-refractivity contribution in [2.45, 2.75) is 38.1 Å². The Balaban J connectivity index is 2.11. The highest BCUT2D eigenvalue weighted by Crippen LogP contribution is 2.34. The summed E-state index contributed by atoms with van der Waals surface area (Å²) in [5, 5.41) is 11.5. The average Bonchev–Trinajstić information content (AvgIpc) is 2.69. The lowest BCUT2D eigenvalue weighted by Gasteiger charge is -2.27. The van der Waals surface area contributed by atoms with Crippen LogP contribution >= 0.6 is 0 Å². The van der Waals surface area contributed by atoms with Gasteiger partial charge in [0.15, 0.2) is 0 Å². The molecule has 0 unspecified atom stereocenters. The Morgan fingerprint density at radius 3 is 2.20 bits per heavy atom. The number of pyridine rings is 1. The minimum absolute atomic E-state index is 0.0290. The monoisotopic (exact) mass is 328 g/mol. The largest absolute Gasteiger partial charge is 0.296 e. The third-order valence-corrected chi connectivity index (χ3v) is 5.23. The number of nitrogens with zero attached hydrogens (tertiary/aromatic N) is 2. The topological polar surface area (TPSA) is 45.8 Å². The van der Waals surface area contributed by atoms with Crippen LogP contribution in [0.15, 0.2) is 59.4 Å². The summed E-state index contributed by atoms with van der Waals surface area (Å²) in [6.45, 7) is 0. The van der Waals surface area contributed by atoms with E-state index >= 15 is 0 Å². The molecule has 4 rings (SSSR count). The van der Waals surface area contributed by atoms with Crippen LogP contribution in [0.25, 0.3) is 21.9 Å². The van der Waals surface area contributed by atoms with E-state index in [2.05, 4.69) is 6.07 Å². The molecule has 0 radical (unpaired) electrons. The molecule has 0 N–H and O–H groups in total. The first kappa shape index (κ1) is 15.7. The molecule has 2 aromatic carbocycles. The lowest BCUT2D eigenvalue weighted by Crippen LogP contribution is -2.29. The second-order valence-electron chi connectivity index (χ2n) is 6.71. The molecule has 0 amide bonds. The number of hydrogen-bond acceptors (Lipinski definition) is 2. The Kier molecular flexibility index (Phi) is 4.11. The van der Waals surface area contributed by atoms with Gasteiger partial charge in [-0.2, -0.15) is 5.26 Å². The molecule has 0 aliphatic heterocycles. The maximum Gasteiger partial charge on any atom is 0.259 e. The molecule has 1 aliphatic rings. The molecule has 124 valence electrons. The summed E-state index contributed by atoms with van der Waals surface area (Å²) in [5.74, 6) is 0. The fourth-order valence-electron chi connectivity index (χ4n) is 4.06. The molecule has 3 aromatic rings. The van der Waals surface area contributed by atoms with Crippen molar-refractivity contribution in [2.24, 2.45) is 0 Å². The van der Waals surface area contributed by atoms with Crippen LogP contribution in [-0.2, 0) is 0 Å². The van der Waals surface area contributed by atoms with Crippen molar-refractivity contribution >= 4 is 10.8 Å². The van der Waals surface area contributed by atoms with Crippen molar-refractivity contribution < 1.29 is 0 Å². The van der Waals surface area contributed by atoms with E-state index in [0.29, 0.717) is 11.1 Å². The van der Waals surface area contributed by atoms with E-state index in [1.807, 2.05) is 54.6 Å². The first-order valence-corrected chi connectivity index (χ1v) is 8.94. The van der Waals surface area contributed by atoms with Gasteiger partial charge in [-0.1, -0.05) is 67.8 Å². The first-order chi connectivity index (χ1) is 12.3. The second kappa shape index (κ2) is 6.57. The van der Waals surface area contributed by atoms with Crippen LogP contribution in [0, 0.1) is 11.3 Å². The van der Waals surface area contributed by atoms with E-state index in [9.17, 15) is 10.1 Å². The van der Waals surface area contributed by atoms with Gasteiger partial charge in [0.1, 0.15) is 11.8 Å². The van der Waals surface area contributed by atoms with E-state index in [4.69, 9.17) is 0 Å². The van der Waals surface area contributed by atoms with E-state index in [1.165, 1.54) is 6.42 Å². The second-order valence-corrected chi connectivity index (χ2v) is 6.71. The van der Waals surface area contributed by atoms with Gasteiger partial charge in [0, 0.05) is 17.0 Å². The number of hydrogen-bond donors (Lipinski definition) is 0. The lowest BCUT2D eigenvalue weighted by molar-refractivity contribution is 0.346. The fourth-order valence-corrected chi connectivity index (χ4v) is 4.06. The molecule has 3 heteroatoms. The van der Waals surface area contributed by atoms with Crippen molar-refractivity contribution in [1.82, 2.24) is 4.57 Å². The van der Waals surface area contributed by atoms with Crippen LogP contribution in [0.5, 0.6) is 0 Å². The van der Waals surface area contributed by atoms with Crippen LogP contribution in [-0.4, -0.2) is 4.57 Å². The van der Waals surface area contributed by atoms with Crippen molar-refractivity contribution in [2.75, 3.05) is 0 Å². The lowest BCUT2D eigenvalue weighted by atomic mass is 9.92. The predicted octanol–water partition coefficient (Wildman–Crippen LogP) is 5.05. The fraction of sp³-hybridized carbons (Fsp3) is 0.273. The predicted molar refractivity (Wildman–Crippen MR) is 100 cm³/mol. The Morgan fingerprint density at radius 2 is 1.52 bits per heavy atom. The van der Waals surface area contributed by atoms with Crippen molar-refractivity contribution in [3.8, 4) is 17.2 Å². The molecule has 1 heterocycles. The Morgan fingerprint density at radius 1 is 0.880 bits per heavy atom. The molecule has 1 saturated carbocycles. The normalized spacial score (nSPS) is 15.2. The molecular weight excluding hydrogens is 308 g/mol. The molecule has 0 atom stereocenters. The third-order valence-electron chi connectivity index (χ3n) is 5.23. The van der Waals surface area contributed by atoms with Gasteiger partial charge in [0.05, 0.1) is 0 Å². The third kappa shape index (κ3) is 2.64. The smallest absolute Gasteiger partial charge is 0.259 e. The maximum atomic E-state index is 13.2. The summed E-state index contributed by atoms with van der Waals surface area (Å²) in [6, 6.07) is 20.1. The highest BCUT2D eigenvalue weighted by Gasteiger charge is 2.24. The van der Waals surface area contributed by atoms with Crippen LogP contribution in [0.4, 0.5) is 0 Å². The number of fused-ring (bicyclic) bond motifs is 1. The van der Waals surface area contributed by atoms with E-state index < -0.39 is 0 Å². The quantitative estimate of drug-likeness (QED) is 0.661. The maximum absolute atomic E-state index is 13.2. The van der Waals surface area contributed by atoms with Gasteiger partial charge in [-0.25, -0.2) is 0 Å². The van der Waals surface area contributed by atoms with E-state index in [0.717, 1.165) is 42.2 Å². The van der Waals surface area contributed by atoms with Gasteiger partial charge in [0.25, 0.3) is 5.56 Å². The minimum Gasteiger partial charge on any atom is -0.296 e. The molecule has 3 nitrogen and oxygen atoms in total. The number of benzene rings is 2. The SMILES string of the molecule is N#Cc1c(-c2ccccc2)c2ccccc2c(=O)n1C1CCCCC1. The summed E-state index contributed by atoms with van der Waals surface area (Å²) in [6.07, 6.45) is 5.40. The highest BCUT2D eigenvalue weighted by atomic mass is 16.1. The van der Waals surface area contributed by atoms with Gasteiger partial charge in [0.2, 0.25) is 0 Å². The van der Waals surface area contributed by atoms with Crippen molar-refractivity contribution in [3.05, 3.63) is 70.6 Å².